The van der Waals surface area contributed by atoms with E-state index in [0.29, 0.717) is 18.9 Å². The van der Waals surface area contributed by atoms with Crippen molar-refractivity contribution >= 4 is 31.5 Å². The fourth-order valence-electron chi connectivity index (χ4n) is 1.08. The van der Waals surface area contributed by atoms with E-state index in [9.17, 15) is 4.79 Å². The Bertz CT molecular complexity index is 218. The lowest BCUT2D eigenvalue weighted by Crippen LogP contribution is -2.24. The number of halogens is 1. The Kier molecular flexibility index (Phi) is 13.7. The number of carbonyl (C=O) groups excluding carboxylic acids is 1. The molecule has 0 unspecified atom stereocenters. The molecular formula is C14H29BrO2Si. The summed E-state index contributed by atoms with van der Waals surface area (Å²) in [6.45, 7) is 15.2. The SMILES string of the molecule is C=C.CC(C)C(C)(C)[SiH2]OCC(=O)CCCCBr. The van der Waals surface area contributed by atoms with E-state index in [1.54, 1.807) is 0 Å². The first-order valence-electron chi connectivity index (χ1n) is 6.55. The van der Waals surface area contributed by atoms with E-state index < -0.39 is 9.76 Å². The fourth-order valence-corrected chi connectivity index (χ4v) is 2.67. The van der Waals surface area contributed by atoms with Crippen LogP contribution in [0.25, 0.3) is 0 Å². The average Bonchev–Trinajstić information content (AvgIpc) is 2.31. The van der Waals surface area contributed by atoms with Crippen molar-refractivity contribution in [3.8, 4) is 0 Å². The van der Waals surface area contributed by atoms with Gasteiger partial charge in [-0.2, -0.15) is 0 Å². The normalized spacial score (nSPS) is 11.7. The monoisotopic (exact) mass is 336 g/mol. The van der Waals surface area contributed by atoms with Crippen molar-refractivity contribution in [2.45, 2.75) is 52.0 Å². The zero-order chi connectivity index (χ0) is 14.6. The Hall–Kier alpha value is 0.0669. The number of alkyl halides is 1. The van der Waals surface area contributed by atoms with Gasteiger partial charge in [-0.05, 0) is 23.8 Å². The number of hydrogen-bond donors (Lipinski definition) is 0. The van der Waals surface area contributed by atoms with Gasteiger partial charge in [-0.15, -0.1) is 13.2 Å². The predicted octanol–water partition coefficient (Wildman–Crippen LogP) is 3.88. The molecule has 0 atom stereocenters. The molecule has 4 heteroatoms. The third-order valence-corrected chi connectivity index (χ3v) is 5.67. The molecule has 0 aliphatic carbocycles. The molecule has 0 radical (unpaired) electrons. The lowest BCUT2D eigenvalue weighted by Gasteiger charge is -2.27. The molecule has 0 aromatic rings. The molecule has 0 N–H and O–H groups in total. The van der Waals surface area contributed by atoms with Crippen LogP contribution in [0.15, 0.2) is 13.2 Å². The van der Waals surface area contributed by atoms with E-state index in [-0.39, 0.29) is 10.8 Å². The van der Waals surface area contributed by atoms with Crippen molar-refractivity contribution in [2.75, 3.05) is 11.9 Å². The van der Waals surface area contributed by atoms with Crippen LogP contribution in [0.3, 0.4) is 0 Å². The highest BCUT2D eigenvalue weighted by Gasteiger charge is 2.23. The van der Waals surface area contributed by atoms with Crippen molar-refractivity contribution < 1.29 is 9.22 Å². The Labute approximate surface area is 124 Å². The maximum Gasteiger partial charge on any atom is 0.168 e. The molecule has 0 saturated heterocycles. The molecular weight excluding hydrogens is 308 g/mol. The zero-order valence-corrected chi connectivity index (χ0v) is 15.4. The van der Waals surface area contributed by atoms with Crippen LogP contribution in [0.4, 0.5) is 0 Å². The van der Waals surface area contributed by atoms with E-state index in [1.807, 2.05) is 0 Å². The van der Waals surface area contributed by atoms with Crippen LogP contribution in [0.2, 0.25) is 5.04 Å². The second-order valence-electron chi connectivity index (χ2n) is 5.32. The quantitative estimate of drug-likeness (QED) is 0.276. The van der Waals surface area contributed by atoms with Gasteiger partial charge in [-0.1, -0.05) is 43.6 Å². The Morgan fingerprint density at radius 2 is 1.89 bits per heavy atom. The predicted molar refractivity (Wildman–Crippen MR) is 87.3 cm³/mol. The van der Waals surface area contributed by atoms with Crippen molar-refractivity contribution in [3.05, 3.63) is 13.2 Å². The Balaban J connectivity index is 0. The highest BCUT2D eigenvalue weighted by Crippen LogP contribution is 2.32. The molecule has 0 fully saturated rings. The third-order valence-electron chi connectivity index (χ3n) is 3.14. The molecule has 0 spiro atoms. The maximum atomic E-state index is 11.5. The average molecular weight is 337 g/mol. The smallest absolute Gasteiger partial charge is 0.168 e. The van der Waals surface area contributed by atoms with Crippen LogP contribution in [0, 0.1) is 5.92 Å². The van der Waals surface area contributed by atoms with Crippen LogP contribution >= 0.6 is 15.9 Å². The molecule has 0 heterocycles. The minimum absolute atomic E-state index is 0.257. The zero-order valence-electron chi connectivity index (χ0n) is 12.4. The summed E-state index contributed by atoms with van der Waals surface area (Å²) in [5.74, 6) is 0.885. The fraction of sp³-hybridized carbons (Fsp3) is 0.786. The first-order chi connectivity index (χ1) is 8.40. The highest BCUT2D eigenvalue weighted by atomic mass is 79.9. The van der Waals surface area contributed by atoms with Crippen LogP contribution in [-0.4, -0.2) is 27.5 Å². The van der Waals surface area contributed by atoms with E-state index >= 15 is 0 Å². The largest absolute Gasteiger partial charge is 0.416 e. The number of ketones is 1. The summed E-state index contributed by atoms with van der Waals surface area (Å²) in [4.78, 5) is 11.5. The van der Waals surface area contributed by atoms with E-state index in [0.717, 1.165) is 18.2 Å². The summed E-state index contributed by atoms with van der Waals surface area (Å²) >= 11 is 3.36. The van der Waals surface area contributed by atoms with Gasteiger partial charge in [0.1, 0.15) is 0 Å². The molecule has 0 rings (SSSR count). The first kappa shape index (κ1) is 20.4. The first-order valence-corrected chi connectivity index (χ1v) is 8.96. The topological polar surface area (TPSA) is 26.3 Å². The van der Waals surface area contributed by atoms with Crippen LogP contribution in [0.1, 0.15) is 47.0 Å². The number of unbranched alkanes of at least 4 members (excludes halogenated alkanes) is 1. The summed E-state index contributed by atoms with van der Waals surface area (Å²) in [6.07, 6.45) is 2.71. The molecule has 18 heavy (non-hydrogen) atoms. The molecule has 0 amide bonds. The van der Waals surface area contributed by atoms with Crippen LogP contribution in [-0.2, 0) is 9.22 Å². The van der Waals surface area contributed by atoms with Gasteiger partial charge in [0.25, 0.3) is 0 Å². The standard InChI is InChI=1S/C12H25BrO2Si.C2H4/c1-10(2)12(3,4)16-15-9-11(14)7-5-6-8-13;1-2/h10H,5-9,16H2,1-4H3;1-2H2. The molecule has 0 saturated carbocycles. The highest BCUT2D eigenvalue weighted by molar-refractivity contribution is 9.09. The molecule has 0 aliphatic heterocycles. The molecule has 0 aromatic carbocycles. The molecule has 0 aromatic heterocycles. The van der Waals surface area contributed by atoms with Crippen LogP contribution in [0.5, 0.6) is 0 Å². The molecule has 108 valence electrons. The summed E-state index contributed by atoms with van der Waals surface area (Å²) in [5.41, 5.74) is 0. The lowest BCUT2D eigenvalue weighted by atomic mass is 9.99. The second kappa shape index (κ2) is 12.1. The summed E-state index contributed by atoms with van der Waals surface area (Å²) < 4.78 is 5.63. The van der Waals surface area contributed by atoms with Gasteiger partial charge in [0.2, 0.25) is 0 Å². The van der Waals surface area contributed by atoms with Gasteiger partial charge in [0.05, 0.1) is 6.61 Å². The number of Topliss-reactive ketones (excluding diaryl/α,β-unsaturated/α-hetero) is 1. The minimum atomic E-state index is -0.610. The summed E-state index contributed by atoms with van der Waals surface area (Å²) in [6, 6.07) is 0. The van der Waals surface area contributed by atoms with Gasteiger partial charge < -0.3 is 4.43 Å². The molecule has 2 nitrogen and oxygen atoms in total. The second-order valence-corrected chi connectivity index (χ2v) is 8.63. The number of rotatable bonds is 9. The summed E-state index contributed by atoms with van der Waals surface area (Å²) in [5, 5.41) is 1.27. The Morgan fingerprint density at radius 1 is 1.33 bits per heavy atom. The van der Waals surface area contributed by atoms with Gasteiger partial charge in [0, 0.05) is 11.8 Å². The third kappa shape index (κ3) is 11.2. The van der Waals surface area contributed by atoms with E-state index in [1.165, 1.54) is 0 Å². The van der Waals surface area contributed by atoms with E-state index in [4.69, 9.17) is 4.43 Å². The minimum Gasteiger partial charge on any atom is -0.416 e. The van der Waals surface area contributed by atoms with E-state index in [2.05, 4.69) is 56.8 Å². The molecule has 0 aliphatic rings. The Morgan fingerprint density at radius 3 is 2.33 bits per heavy atom. The van der Waals surface area contributed by atoms with Crippen molar-refractivity contribution in [1.82, 2.24) is 0 Å². The van der Waals surface area contributed by atoms with Crippen LogP contribution < -0.4 is 0 Å². The van der Waals surface area contributed by atoms with Crippen molar-refractivity contribution in [2.24, 2.45) is 5.92 Å². The number of carbonyl (C=O) groups is 1. The van der Waals surface area contributed by atoms with Crippen molar-refractivity contribution in [3.63, 3.8) is 0 Å². The van der Waals surface area contributed by atoms with Crippen molar-refractivity contribution in [1.29, 1.82) is 0 Å². The van der Waals surface area contributed by atoms with Gasteiger partial charge in [-0.25, -0.2) is 0 Å². The lowest BCUT2D eigenvalue weighted by molar-refractivity contribution is -0.121. The number of hydrogen-bond acceptors (Lipinski definition) is 2. The molecule has 0 bridgehead atoms. The summed E-state index contributed by atoms with van der Waals surface area (Å²) in [7, 11) is -0.610. The van der Waals surface area contributed by atoms with Gasteiger partial charge in [-0.3, -0.25) is 4.79 Å². The van der Waals surface area contributed by atoms with Gasteiger partial charge in [0.15, 0.2) is 15.5 Å². The van der Waals surface area contributed by atoms with Gasteiger partial charge >= 0.3 is 0 Å². The maximum absolute atomic E-state index is 11.5.